The molecule has 1 saturated carbocycles. The van der Waals surface area contributed by atoms with Crippen LogP contribution in [0.2, 0.25) is 0 Å². The van der Waals surface area contributed by atoms with Crippen molar-refractivity contribution >= 4 is 12.5 Å². The Morgan fingerprint density at radius 3 is 2.56 bits per heavy atom. The number of amides is 2. The molecule has 0 bridgehead atoms. The van der Waals surface area contributed by atoms with E-state index in [-0.39, 0.29) is 18.2 Å². The Kier molecular flexibility index (Phi) is 10.9. The Morgan fingerprint density at radius 2 is 1.86 bits per heavy atom. The molecule has 1 heterocycles. The molecule has 1 aromatic rings. The van der Waals surface area contributed by atoms with Crippen molar-refractivity contribution < 1.29 is 23.8 Å². The van der Waals surface area contributed by atoms with Gasteiger partial charge in [-0.2, -0.15) is 0 Å². The summed E-state index contributed by atoms with van der Waals surface area (Å²) in [5.74, 6) is 1.51. The summed E-state index contributed by atoms with van der Waals surface area (Å²) in [5.41, 5.74) is 0.751. The van der Waals surface area contributed by atoms with Crippen LogP contribution in [0.5, 0.6) is 5.75 Å². The fourth-order valence-electron chi connectivity index (χ4n) is 5.31. The van der Waals surface area contributed by atoms with Gasteiger partial charge in [-0.15, -0.1) is 0 Å². The van der Waals surface area contributed by atoms with Crippen LogP contribution in [0.25, 0.3) is 0 Å². The lowest BCUT2D eigenvalue weighted by Crippen LogP contribution is -2.57. The second-order valence-electron chi connectivity index (χ2n) is 11.2. The smallest absolute Gasteiger partial charge is 0.407 e. The number of carbonyl (C=O) groups excluding carboxylic acids is 2. The van der Waals surface area contributed by atoms with E-state index in [4.69, 9.17) is 14.2 Å². The van der Waals surface area contributed by atoms with Gasteiger partial charge in [0.15, 0.2) is 0 Å². The molecule has 7 nitrogen and oxygen atoms in total. The molecule has 3 rings (SSSR count). The highest BCUT2D eigenvalue weighted by atomic mass is 16.6. The molecular weight excluding hydrogens is 456 g/mol. The lowest BCUT2D eigenvalue weighted by atomic mass is 9.82. The van der Waals surface area contributed by atoms with Crippen molar-refractivity contribution in [2.45, 2.75) is 115 Å². The summed E-state index contributed by atoms with van der Waals surface area (Å²) < 4.78 is 17.9. The van der Waals surface area contributed by atoms with E-state index in [1.54, 1.807) is 4.90 Å². The van der Waals surface area contributed by atoms with Gasteiger partial charge in [-0.05, 0) is 83.3 Å². The predicted octanol–water partition coefficient (Wildman–Crippen LogP) is 5.81. The van der Waals surface area contributed by atoms with E-state index >= 15 is 0 Å². The van der Waals surface area contributed by atoms with Crippen LogP contribution in [0, 0.1) is 0 Å². The van der Waals surface area contributed by atoms with Gasteiger partial charge < -0.3 is 24.4 Å². The molecule has 2 amide bonds. The van der Waals surface area contributed by atoms with Gasteiger partial charge in [-0.25, -0.2) is 4.79 Å². The fourth-order valence-corrected chi connectivity index (χ4v) is 5.31. The quantitative estimate of drug-likeness (QED) is 0.305. The summed E-state index contributed by atoms with van der Waals surface area (Å²) in [7, 11) is 0. The molecule has 1 aliphatic carbocycles. The SMILES string of the molecule is CCCCCOc1ccccc1C1CCC(OCC2C(NC(=O)OC(C)(C)C)CCCN2C=O)CC1. The van der Waals surface area contributed by atoms with Crippen molar-refractivity contribution in [3.8, 4) is 5.75 Å². The first-order valence-corrected chi connectivity index (χ1v) is 13.8. The van der Waals surface area contributed by atoms with E-state index in [0.717, 1.165) is 63.7 Å². The molecule has 2 atom stereocenters. The van der Waals surface area contributed by atoms with E-state index in [9.17, 15) is 9.59 Å². The van der Waals surface area contributed by atoms with Crippen molar-refractivity contribution in [1.82, 2.24) is 10.2 Å². The van der Waals surface area contributed by atoms with Gasteiger partial charge in [0.2, 0.25) is 6.41 Å². The number of hydrogen-bond acceptors (Lipinski definition) is 5. The highest BCUT2D eigenvalue weighted by Crippen LogP contribution is 2.38. The van der Waals surface area contributed by atoms with E-state index in [2.05, 4.69) is 36.5 Å². The number of likely N-dealkylation sites (tertiary alicyclic amines) is 1. The Balaban J connectivity index is 1.51. The maximum absolute atomic E-state index is 12.4. The summed E-state index contributed by atoms with van der Waals surface area (Å²) in [6.45, 7) is 9.63. The van der Waals surface area contributed by atoms with Gasteiger partial charge in [0.1, 0.15) is 11.4 Å². The number of carbonyl (C=O) groups is 2. The Morgan fingerprint density at radius 1 is 1.11 bits per heavy atom. The number of unbranched alkanes of at least 4 members (excludes halogenated alkanes) is 2. The minimum atomic E-state index is -0.563. The molecule has 202 valence electrons. The van der Waals surface area contributed by atoms with Crippen LogP contribution in [-0.2, 0) is 14.3 Å². The second kappa shape index (κ2) is 13.9. The molecule has 1 saturated heterocycles. The van der Waals surface area contributed by atoms with Gasteiger partial charge in [-0.1, -0.05) is 38.0 Å². The molecule has 7 heteroatoms. The van der Waals surface area contributed by atoms with E-state index in [0.29, 0.717) is 19.1 Å². The third-order valence-corrected chi connectivity index (χ3v) is 7.20. The molecular formula is C29H46N2O5. The number of para-hydroxylation sites is 1. The number of rotatable bonds is 11. The van der Waals surface area contributed by atoms with Crippen molar-refractivity contribution in [3.05, 3.63) is 29.8 Å². The summed E-state index contributed by atoms with van der Waals surface area (Å²) in [4.78, 5) is 25.9. The summed E-state index contributed by atoms with van der Waals surface area (Å²) in [6.07, 6.45) is 9.81. The van der Waals surface area contributed by atoms with Crippen molar-refractivity contribution in [3.63, 3.8) is 0 Å². The lowest BCUT2D eigenvalue weighted by molar-refractivity contribution is -0.125. The van der Waals surface area contributed by atoms with Gasteiger partial charge in [-0.3, -0.25) is 4.79 Å². The summed E-state index contributed by atoms with van der Waals surface area (Å²) in [5, 5.41) is 2.98. The minimum Gasteiger partial charge on any atom is -0.493 e. The van der Waals surface area contributed by atoms with E-state index in [1.165, 1.54) is 18.4 Å². The Hall–Kier alpha value is -2.28. The number of benzene rings is 1. The van der Waals surface area contributed by atoms with Crippen LogP contribution >= 0.6 is 0 Å². The average molecular weight is 503 g/mol. The first kappa shape index (κ1) is 28.3. The van der Waals surface area contributed by atoms with Crippen LogP contribution in [0.15, 0.2) is 24.3 Å². The molecule has 2 aliphatic rings. The fraction of sp³-hybridized carbons (Fsp3) is 0.724. The number of piperidine rings is 1. The predicted molar refractivity (Wildman–Crippen MR) is 141 cm³/mol. The third-order valence-electron chi connectivity index (χ3n) is 7.20. The van der Waals surface area contributed by atoms with Gasteiger partial charge in [0, 0.05) is 6.54 Å². The molecule has 36 heavy (non-hydrogen) atoms. The number of nitrogens with one attached hydrogen (secondary N) is 1. The lowest BCUT2D eigenvalue weighted by Gasteiger charge is -2.40. The Labute approximate surface area is 217 Å². The molecule has 0 radical (unpaired) electrons. The van der Waals surface area contributed by atoms with E-state index in [1.807, 2.05) is 20.8 Å². The highest BCUT2D eigenvalue weighted by molar-refractivity contribution is 5.68. The van der Waals surface area contributed by atoms with Gasteiger partial charge in [0.25, 0.3) is 0 Å². The molecule has 0 aromatic heterocycles. The van der Waals surface area contributed by atoms with Crippen molar-refractivity contribution in [1.29, 1.82) is 0 Å². The topological polar surface area (TPSA) is 77.1 Å². The molecule has 2 unspecified atom stereocenters. The zero-order valence-electron chi connectivity index (χ0n) is 22.7. The first-order chi connectivity index (χ1) is 17.3. The van der Waals surface area contributed by atoms with Crippen LogP contribution in [-0.4, -0.2) is 61.0 Å². The largest absolute Gasteiger partial charge is 0.493 e. The molecule has 2 fully saturated rings. The second-order valence-corrected chi connectivity index (χ2v) is 11.2. The summed E-state index contributed by atoms with van der Waals surface area (Å²) in [6, 6.07) is 8.10. The number of nitrogens with zero attached hydrogens (tertiary/aromatic N) is 1. The Bertz CT molecular complexity index is 816. The van der Waals surface area contributed by atoms with Crippen LogP contribution < -0.4 is 10.1 Å². The number of ether oxygens (including phenoxy) is 3. The maximum Gasteiger partial charge on any atom is 0.407 e. The number of hydrogen-bond donors (Lipinski definition) is 1. The molecule has 0 spiro atoms. The first-order valence-electron chi connectivity index (χ1n) is 13.8. The zero-order chi connectivity index (χ0) is 26.0. The highest BCUT2D eigenvalue weighted by Gasteiger charge is 2.34. The molecule has 1 aromatic carbocycles. The average Bonchev–Trinajstić information content (AvgIpc) is 2.85. The van der Waals surface area contributed by atoms with Crippen molar-refractivity contribution in [2.24, 2.45) is 0 Å². The maximum atomic E-state index is 12.4. The third kappa shape index (κ3) is 8.68. The van der Waals surface area contributed by atoms with E-state index < -0.39 is 11.7 Å². The monoisotopic (exact) mass is 502 g/mol. The zero-order valence-corrected chi connectivity index (χ0v) is 22.7. The molecule has 1 aliphatic heterocycles. The molecule has 1 N–H and O–H groups in total. The van der Waals surface area contributed by atoms with Gasteiger partial charge in [0.05, 0.1) is 31.4 Å². The van der Waals surface area contributed by atoms with Crippen LogP contribution in [0.3, 0.4) is 0 Å². The van der Waals surface area contributed by atoms with Gasteiger partial charge >= 0.3 is 6.09 Å². The van der Waals surface area contributed by atoms with Crippen LogP contribution in [0.4, 0.5) is 4.79 Å². The number of alkyl carbamates (subject to hydrolysis) is 1. The standard InChI is InChI=1S/C29H46N2O5/c1-5-6-9-19-34-27-13-8-7-11-24(27)22-14-16-23(17-15-22)35-20-26-25(12-10-18-31(26)21-32)30-28(33)36-29(2,3)4/h7-8,11,13,21-23,25-26H,5-6,9-10,12,14-20H2,1-4H3,(H,30,33). The van der Waals surface area contributed by atoms with Crippen molar-refractivity contribution in [2.75, 3.05) is 19.8 Å². The normalized spacial score (nSPS) is 24.7. The van der Waals surface area contributed by atoms with Crippen LogP contribution in [0.1, 0.15) is 97.0 Å². The summed E-state index contributed by atoms with van der Waals surface area (Å²) >= 11 is 0. The minimum absolute atomic E-state index is 0.163.